The van der Waals surface area contributed by atoms with Crippen LogP contribution >= 0.6 is 15.9 Å². The number of hydrogen-bond acceptors (Lipinski definition) is 4. The summed E-state index contributed by atoms with van der Waals surface area (Å²) in [5, 5.41) is 3.35. The van der Waals surface area contributed by atoms with E-state index in [0.29, 0.717) is 5.69 Å². The van der Waals surface area contributed by atoms with Gasteiger partial charge in [-0.05, 0) is 47.9 Å². The number of nitrogens with two attached hydrogens (primary N) is 1. The SMILES string of the molecule is Nc1cnc(NCCN2CCCCCC2)c(Br)c1. The summed E-state index contributed by atoms with van der Waals surface area (Å²) in [4.78, 5) is 6.81. The van der Waals surface area contributed by atoms with Gasteiger partial charge in [0.05, 0.1) is 16.4 Å². The average Bonchev–Trinajstić information content (AvgIpc) is 2.60. The number of nitrogens with zero attached hydrogens (tertiary/aromatic N) is 2. The van der Waals surface area contributed by atoms with Crippen LogP contribution in [0.2, 0.25) is 0 Å². The van der Waals surface area contributed by atoms with Gasteiger partial charge in [0.25, 0.3) is 0 Å². The van der Waals surface area contributed by atoms with Crippen LogP contribution in [0, 0.1) is 0 Å². The molecule has 4 nitrogen and oxygen atoms in total. The van der Waals surface area contributed by atoms with Crippen molar-refractivity contribution in [3.05, 3.63) is 16.7 Å². The second-order valence-electron chi connectivity index (χ2n) is 4.78. The number of nitrogen functional groups attached to an aromatic ring is 1. The second kappa shape index (κ2) is 6.95. The number of hydrogen-bond donors (Lipinski definition) is 2. The fourth-order valence-electron chi connectivity index (χ4n) is 2.27. The third-order valence-electron chi connectivity index (χ3n) is 3.28. The van der Waals surface area contributed by atoms with Crippen molar-refractivity contribution in [2.24, 2.45) is 0 Å². The molecule has 1 aromatic rings. The summed E-state index contributed by atoms with van der Waals surface area (Å²) in [6.07, 6.45) is 7.12. The van der Waals surface area contributed by atoms with Gasteiger partial charge in [0.1, 0.15) is 5.82 Å². The first kappa shape index (κ1) is 13.6. The lowest BCUT2D eigenvalue weighted by Gasteiger charge is -2.20. The summed E-state index contributed by atoms with van der Waals surface area (Å²) >= 11 is 3.47. The summed E-state index contributed by atoms with van der Waals surface area (Å²) < 4.78 is 0.929. The molecule has 0 unspecified atom stereocenters. The number of rotatable bonds is 4. The van der Waals surface area contributed by atoms with Crippen molar-refractivity contribution in [2.75, 3.05) is 37.2 Å². The van der Waals surface area contributed by atoms with Crippen LogP contribution in [0.4, 0.5) is 11.5 Å². The fraction of sp³-hybridized carbons (Fsp3) is 0.615. The number of pyridine rings is 1. The highest BCUT2D eigenvalue weighted by Gasteiger charge is 2.08. The standard InChI is InChI=1S/C13H21BrN4/c14-12-9-11(15)10-17-13(12)16-5-8-18-6-3-1-2-4-7-18/h9-10H,1-8,15H2,(H,16,17). The minimum absolute atomic E-state index is 0.681. The van der Waals surface area contributed by atoms with E-state index >= 15 is 0 Å². The predicted octanol–water partition coefficient (Wildman–Crippen LogP) is 2.71. The van der Waals surface area contributed by atoms with Crippen LogP contribution < -0.4 is 11.1 Å². The number of halogens is 1. The molecule has 1 aromatic heterocycles. The van der Waals surface area contributed by atoms with Crippen LogP contribution in [0.25, 0.3) is 0 Å². The molecule has 3 N–H and O–H groups in total. The molecule has 0 atom stereocenters. The molecular formula is C13H21BrN4. The van der Waals surface area contributed by atoms with Crippen LogP contribution in [0.3, 0.4) is 0 Å². The Balaban J connectivity index is 1.77. The lowest BCUT2D eigenvalue weighted by Crippen LogP contribution is -2.30. The topological polar surface area (TPSA) is 54.2 Å². The Kier molecular flexibility index (Phi) is 5.26. The highest BCUT2D eigenvalue weighted by Crippen LogP contribution is 2.21. The Hall–Kier alpha value is -0.810. The van der Waals surface area contributed by atoms with Gasteiger partial charge >= 0.3 is 0 Å². The molecule has 0 amide bonds. The first-order valence-electron chi connectivity index (χ1n) is 6.63. The Morgan fingerprint density at radius 1 is 1.28 bits per heavy atom. The molecular weight excluding hydrogens is 292 g/mol. The molecule has 18 heavy (non-hydrogen) atoms. The van der Waals surface area contributed by atoms with Gasteiger partial charge in [-0.15, -0.1) is 0 Å². The average molecular weight is 313 g/mol. The molecule has 0 aromatic carbocycles. The van der Waals surface area contributed by atoms with Crippen LogP contribution in [0.5, 0.6) is 0 Å². The normalized spacial score (nSPS) is 17.4. The van der Waals surface area contributed by atoms with E-state index in [1.165, 1.54) is 38.8 Å². The largest absolute Gasteiger partial charge is 0.397 e. The van der Waals surface area contributed by atoms with Gasteiger partial charge in [-0.2, -0.15) is 0 Å². The van der Waals surface area contributed by atoms with E-state index in [4.69, 9.17) is 5.73 Å². The molecule has 0 aliphatic carbocycles. The van der Waals surface area contributed by atoms with Gasteiger partial charge in [-0.1, -0.05) is 12.8 Å². The maximum absolute atomic E-state index is 5.66. The molecule has 0 saturated carbocycles. The van der Waals surface area contributed by atoms with Crippen molar-refractivity contribution in [2.45, 2.75) is 25.7 Å². The molecule has 1 fully saturated rings. The summed E-state index contributed by atoms with van der Waals surface area (Å²) in [7, 11) is 0. The summed E-state index contributed by atoms with van der Waals surface area (Å²) in [6, 6.07) is 1.88. The van der Waals surface area contributed by atoms with Gasteiger partial charge < -0.3 is 16.0 Å². The zero-order chi connectivity index (χ0) is 12.8. The van der Waals surface area contributed by atoms with Crippen LogP contribution in [0.15, 0.2) is 16.7 Å². The Bertz CT molecular complexity index is 375. The van der Waals surface area contributed by atoms with Gasteiger partial charge in [-0.25, -0.2) is 4.98 Å². The maximum Gasteiger partial charge on any atom is 0.140 e. The Morgan fingerprint density at radius 3 is 2.67 bits per heavy atom. The van der Waals surface area contributed by atoms with Crippen LogP contribution in [-0.4, -0.2) is 36.1 Å². The van der Waals surface area contributed by atoms with E-state index in [1.54, 1.807) is 6.20 Å². The molecule has 5 heteroatoms. The molecule has 2 heterocycles. The predicted molar refractivity (Wildman–Crippen MR) is 79.7 cm³/mol. The van der Waals surface area contributed by atoms with Crippen molar-refractivity contribution < 1.29 is 0 Å². The van der Waals surface area contributed by atoms with Crippen molar-refractivity contribution in [3.63, 3.8) is 0 Å². The summed E-state index contributed by atoms with van der Waals surface area (Å²) in [5.74, 6) is 0.874. The molecule has 1 aliphatic heterocycles. The molecule has 0 bridgehead atoms. The summed E-state index contributed by atoms with van der Waals surface area (Å²) in [5.41, 5.74) is 6.34. The highest BCUT2D eigenvalue weighted by atomic mass is 79.9. The molecule has 0 radical (unpaired) electrons. The van der Waals surface area contributed by atoms with Gasteiger partial charge in [-0.3, -0.25) is 0 Å². The fourth-order valence-corrected chi connectivity index (χ4v) is 2.78. The molecule has 0 spiro atoms. The smallest absolute Gasteiger partial charge is 0.140 e. The Labute approximate surface area is 117 Å². The third kappa shape index (κ3) is 4.14. The number of aromatic nitrogens is 1. The van der Waals surface area contributed by atoms with Gasteiger partial charge in [0, 0.05) is 13.1 Å². The van der Waals surface area contributed by atoms with Crippen molar-refractivity contribution in [1.82, 2.24) is 9.88 Å². The minimum Gasteiger partial charge on any atom is -0.397 e. The molecule has 1 aliphatic rings. The van der Waals surface area contributed by atoms with Crippen molar-refractivity contribution >= 4 is 27.4 Å². The number of anilines is 2. The molecule has 1 saturated heterocycles. The monoisotopic (exact) mass is 312 g/mol. The first-order chi connectivity index (χ1) is 8.75. The third-order valence-corrected chi connectivity index (χ3v) is 3.89. The maximum atomic E-state index is 5.66. The molecule has 2 rings (SSSR count). The quantitative estimate of drug-likeness (QED) is 0.897. The zero-order valence-corrected chi connectivity index (χ0v) is 12.2. The highest BCUT2D eigenvalue weighted by molar-refractivity contribution is 9.10. The van der Waals surface area contributed by atoms with E-state index in [1.807, 2.05) is 6.07 Å². The van der Waals surface area contributed by atoms with E-state index in [9.17, 15) is 0 Å². The van der Waals surface area contributed by atoms with E-state index in [2.05, 4.69) is 31.1 Å². The van der Waals surface area contributed by atoms with Crippen LogP contribution in [-0.2, 0) is 0 Å². The van der Waals surface area contributed by atoms with Crippen molar-refractivity contribution in [1.29, 1.82) is 0 Å². The first-order valence-corrected chi connectivity index (χ1v) is 7.42. The van der Waals surface area contributed by atoms with Crippen molar-refractivity contribution in [3.8, 4) is 0 Å². The number of likely N-dealkylation sites (tertiary alicyclic amines) is 1. The lowest BCUT2D eigenvalue weighted by atomic mass is 10.2. The van der Waals surface area contributed by atoms with Gasteiger partial charge in [0.2, 0.25) is 0 Å². The number of nitrogens with one attached hydrogen (secondary N) is 1. The lowest BCUT2D eigenvalue weighted by molar-refractivity contribution is 0.296. The minimum atomic E-state index is 0.681. The van der Waals surface area contributed by atoms with Crippen LogP contribution in [0.1, 0.15) is 25.7 Å². The van der Waals surface area contributed by atoms with E-state index < -0.39 is 0 Å². The second-order valence-corrected chi connectivity index (χ2v) is 5.64. The van der Waals surface area contributed by atoms with Gasteiger partial charge in [0.15, 0.2) is 0 Å². The summed E-state index contributed by atoms with van der Waals surface area (Å²) in [6.45, 7) is 4.48. The molecule has 100 valence electrons. The van der Waals surface area contributed by atoms with E-state index in [0.717, 1.165) is 23.4 Å². The van der Waals surface area contributed by atoms with E-state index in [-0.39, 0.29) is 0 Å². The zero-order valence-electron chi connectivity index (χ0n) is 10.7. The Morgan fingerprint density at radius 2 is 2.00 bits per heavy atom.